The summed E-state index contributed by atoms with van der Waals surface area (Å²) in [6.45, 7) is 7.06. The molecule has 1 heterocycles. The molecule has 108 valence electrons. The highest BCUT2D eigenvalue weighted by atomic mass is 19.1. The van der Waals surface area contributed by atoms with Crippen molar-refractivity contribution in [3.63, 3.8) is 0 Å². The van der Waals surface area contributed by atoms with Crippen LogP contribution < -0.4 is 5.46 Å². The number of benzene rings is 1. The molecule has 20 heavy (non-hydrogen) atoms. The summed E-state index contributed by atoms with van der Waals surface area (Å²) in [6, 6.07) is 2.73. The van der Waals surface area contributed by atoms with Gasteiger partial charge in [-0.05, 0) is 39.2 Å². The molecule has 0 amide bonds. The van der Waals surface area contributed by atoms with Gasteiger partial charge in [0.25, 0.3) is 0 Å². The predicted molar refractivity (Wildman–Crippen MR) is 73.4 cm³/mol. The third-order valence-corrected chi connectivity index (χ3v) is 4.06. The summed E-state index contributed by atoms with van der Waals surface area (Å²) in [5.74, 6) is -0.637. The van der Waals surface area contributed by atoms with Gasteiger partial charge in [-0.15, -0.1) is 0 Å². The van der Waals surface area contributed by atoms with Crippen molar-refractivity contribution in [2.45, 2.75) is 45.5 Å². The van der Waals surface area contributed by atoms with Crippen molar-refractivity contribution in [3.05, 3.63) is 29.1 Å². The maximum absolute atomic E-state index is 13.9. The molecule has 0 spiro atoms. The van der Waals surface area contributed by atoms with Gasteiger partial charge in [0.2, 0.25) is 0 Å². The summed E-state index contributed by atoms with van der Waals surface area (Å²) in [4.78, 5) is 11.0. The molecule has 6 heteroatoms. The molecule has 1 aliphatic rings. The zero-order chi connectivity index (χ0) is 15.1. The van der Waals surface area contributed by atoms with Gasteiger partial charge in [0, 0.05) is 11.1 Å². The fourth-order valence-electron chi connectivity index (χ4n) is 2.07. The lowest BCUT2D eigenvalue weighted by molar-refractivity contribution is 0.00578. The molecule has 1 aliphatic heterocycles. The maximum Gasteiger partial charge on any atom is 0.494 e. The van der Waals surface area contributed by atoms with Crippen molar-refractivity contribution in [1.29, 1.82) is 0 Å². The van der Waals surface area contributed by atoms with Gasteiger partial charge in [-0.1, -0.05) is 6.07 Å². The third-order valence-electron chi connectivity index (χ3n) is 4.06. The van der Waals surface area contributed by atoms with Crippen LogP contribution in [-0.2, 0) is 15.9 Å². The van der Waals surface area contributed by atoms with Crippen LogP contribution >= 0.6 is 0 Å². The van der Waals surface area contributed by atoms with E-state index in [1.54, 1.807) is 0 Å². The maximum atomic E-state index is 13.9. The van der Waals surface area contributed by atoms with Gasteiger partial charge in [0.15, 0.2) is 6.29 Å². The summed E-state index contributed by atoms with van der Waals surface area (Å²) >= 11 is 0. The molecule has 0 atom stereocenters. The lowest BCUT2D eigenvalue weighted by atomic mass is 9.77. The summed E-state index contributed by atoms with van der Waals surface area (Å²) < 4.78 is 25.5. The summed E-state index contributed by atoms with van der Waals surface area (Å²) in [7, 11) is -0.735. The molecule has 0 aromatic heterocycles. The van der Waals surface area contributed by atoms with E-state index >= 15 is 0 Å². The molecule has 1 saturated heterocycles. The number of aliphatic hydroxyl groups is 1. The second-order valence-corrected chi connectivity index (χ2v) is 5.93. The van der Waals surface area contributed by atoms with E-state index in [0.29, 0.717) is 11.7 Å². The SMILES string of the molecule is CC1(C)OB(c2cc(F)c(CO)c(C=O)c2)OC1(C)C. The van der Waals surface area contributed by atoms with Crippen LogP contribution in [0.2, 0.25) is 0 Å². The first kappa shape index (κ1) is 15.2. The summed E-state index contributed by atoms with van der Waals surface area (Å²) in [5.41, 5.74) is -0.547. The van der Waals surface area contributed by atoms with Crippen LogP contribution in [0.1, 0.15) is 43.6 Å². The minimum absolute atomic E-state index is 0.0136. The molecule has 0 unspecified atom stereocenters. The van der Waals surface area contributed by atoms with Crippen molar-refractivity contribution in [3.8, 4) is 0 Å². The second-order valence-electron chi connectivity index (χ2n) is 5.93. The lowest BCUT2D eigenvalue weighted by Crippen LogP contribution is -2.41. The van der Waals surface area contributed by atoms with Crippen molar-refractivity contribution in [2.24, 2.45) is 0 Å². The molecule has 1 fully saturated rings. The van der Waals surface area contributed by atoms with E-state index in [1.807, 2.05) is 27.7 Å². The Kier molecular flexibility index (Phi) is 3.75. The number of hydrogen-bond donors (Lipinski definition) is 1. The zero-order valence-corrected chi connectivity index (χ0v) is 12.1. The Morgan fingerprint density at radius 3 is 2.25 bits per heavy atom. The standard InChI is InChI=1S/C14H18BFO4/c1-13(2)14(3,4)20-15(19-13)10-5-9(7-17)11(8-18)12(16)6-10/h5-7,18H,8H2,1-4H3. The zero-order valence-electron chi connectivity index (χ0n) is 12.1. The molecular weight excluding hydrogens is 262 g/mol. The van der Waals surface area contributed by atoms with Crippen LogP contribution in [0.15, 0.2) is 12.1 Å². The van der Waals surface area contributed by atoms with Crippen molar-refractivity contribution >= 4 is 18.9 Å². The molecule has 1 aromatic carbocycles. The number of carbonyl (C=O) groups excluding carboxylic acids is 1. The molecule has 0 bridgehead atoms. The average molecular weight is 280 g/mol. The van der Waals surface area contributed by atoms with Gasteiger partial charge in [-0.25, -0.2) is 4.39 Å². The van der Waals surface area contributed by atoms with E-state index in [-0.39, 0.29) is 11.1 Å². The Hall–Kier alpha value is -1.24. The lowest BCUT2D eigenvalue weighted by Gasteiger charge is -2.32. The molecule has 2 rings (SSSR count). The van der Waals surface area contributed by atoms with Gasteiger partial charge in [0.05, 0.1) is 17.8 Å². The molecule has 1 N–H and O–H groups in total. The Labute approximate surface area is 118 Å². The fraction of sp³-hybridized carbons (Fsp3) is 0.500. The van der Waals surface area contributed by atoms with Crippen LogP contribution in [0, 0.1) is 5.82 Å². The first-order chi connectivity index (χ1) is 9.21. The number of aliphatic hydroxyl groups excluding tert-OH is 1. The highest BCUT2D eigenvalue weighted by molar-refractivity contribution is 6.62. The van der Waals surface area contributed by atoms with Crippen LogP contribution in [0.3, 0.4) is 0 Å². The minimum Gasteiger partial charge on any atom is -0.399 e. The fourth-order valence-corrected chi connectivity index (χ4v) is 2.07. The first-order valence-electron chi connectivity index (χ1n) is 6.46. The predicted octanol–water partition coefficient (Wildman–Crippen LogP) is 1.43. The normalized spacial score (nSPS) is 20.2. The highest BCUT2D eigenvalue weighted by Crippen LogP contribution is 2.36. The largest absolute Gasteiger partial charge is 0.494 e. The van der Waals surface area contributed by atoms with E-state index in [1.165, 1.54) is 12.1 Å². The second kappa shape index (κ2) is 4.95. The smallest absolute Gasteiger partial charge is 0.399 e. The molecule has 0 radical (unpaired) electrons. The Morgan fingerprint density at radius 1 is 1.25 bits per heavy atom. The van der Waals surface area contributed by atoms with E-state index in [4.69, 9.17) is 14.4 Å². The molecule has 4 nitrogen and oxygen atoms in total. The Morgan fingerprint density at radius 2 is 1.80 bits per heavy atom. The van der Waals surface area contributed by atoms with E-state index in [2.05, 4.69) is 0 Å². The molecule has 1 aromatic rings. The number of carbonyl (C=O) groups is 1. The van der Waals surface area contributed by atoms with Gasteiger partial charge in [0.1, 0.15) is 5.82 Å². The number of rotatable bonds is 3. The van der Waals surface area contributed by atoms with Crippen molar-refractivity contribution < 1.29 is 23.6 Å². The van der Waals surface area contributed by atoms with Crippen molar-refractivity contribution in [2.75, 3.05) is 0 Å². The van der Waals surface area contributed by atoms with Crippen LogP contribution in [0.25, 0.3) is 0 Å². The number of aldehydes is 1. The van der Waals surface area contributed by atoms with Crippen LogP contribution in [-0.4, -0.2) is 29.7 Å². The molecule has 0 aliphatic carbocycles. The summed E-state index contributed by atoms with van der Waals surface area (Å²) in [5, 5.41) is 9.09. The van der Waals surface area contributed by atoms with Crippen LogP contribution in [0.4, 0.5) is 4.39 Å². The van der Waals surface area contributed by atoms with Gasteiger partial charge in [-0.3, -0.25) is 4.79 Å². The quantitative estimate of drug-likeness (QED) is 0.672. The monoisotopic (exact) mass is 280 g/mol. The average Bonchev–Trinajstić information content (AvgIpc) is 2.57. The van der Waals surface area contributed by atoms with Crippen LogP contribution in [0.5, 0.6) is 0 Å². The third kappa shape index (κ3) is 2.39. The van der Waals surface area contributed by atoms with E-state index in [0.717, 1.165) is 0 Å². The van der Waals surface area contributed by atoms with Gasteiger partial charge >= 0.3 is 7.12 Å². The van der Waals surface area contributed by atoms with E-state index in [9.17, 15) is 9.18 Å². The number of hydrogen-bond acceptors (Lipinski definition) is 4. The summed E-state index contributed by atoms with van der Waals surface area (Å²) in [6.07, 6.45) is 0.517. The molecule has 0 saturated carbocycles. The Bertz CT molecular complexity index is 526. The Balaban J connectivity index is 2.41. The molecular formula is C14H18BFO4. The van der Waals surface area contributed by atoms with E-state index < -0.39 is 30.7 Å². The van der Waals surface area contributed by atoms with Gasteiger partial charge < -0.3 is 14.4 Å². The minimum atomic E-state index is -0.735. The van der Waals surface area contributed by atoms with Crippen molar-refractivity contribution in [1.82, 2.24) is 0 Å². The topological polar surface area (TPSA) is 55.8 Å². The number of halogens is 1. The first-order valence-corrected chi connectivity index (χ1v) is 6.46. The highest BCUT2D eigenvalue weighted by Gasteiger charge is 2.51. The van der Waals surface area contributed by atoms with Gasteiger partial charge in [-0.2, -0.15) is 0 Å².